The van der Waals surface area contributed by atoms with Crippen molar-refractivity contribution in [2.24, 2.45) is 7.05 Å². The van der Waals surface area contributed by atoms with E-state index in [0.717, 1.165) is 23.4 Å². The summed E-state index contributed by atoms with van der Waals surface area (Å²) in [5.41, 5.74) is 3.02. The molecule has 0 spiro atoms. The topological polar surface area (TPSA) is 38.1 Å². The van der Waals surface area contributed by atoms with E-state index in [1.807, 2.05) is 14.0 Å². The number of hydrogen-bond acceptors (Lipinski definition) is 2. The first kappa shape index (κ1) is 16.0. The third kappa shape index (κ3) is 2.97. The molecule has 0 saturated carbocycles. The SMILES string of the molecule is CCC(C)c1c(C(O)c2ccc(F)cc2Cl)c(C)nn1C. The minimum Gasteiger partial charge on any atom is -0.383 e. The zero-order valence-electron chi connectivity index (χ0n) is 12.7. The van der Waals surface area contributed by atoms with Gasteiger partial charge in [0.1, 0.15) is 11.9 Å². The van der Waals surface area contributed by atoms with Gasteiger partial charge in [-0.3, -0.25) is 4.68 Å². The van der Waals surface area contributed by atoms with Crippen LogP contribution in [-0.4, -0.2) is 14.9 Å². The van der Waals surface area contributed by atoms with Crippen LogP contribution in [0.5, 0.6) is 0 Å². The normalized spacial score (nSPS) is 14.2. The molecule has 1 N–H and O–H groups in total. The first-order valence-corrected chi connectivity index (χ1v) is 7.41. The van der Waals surface area contributed by atoms with Gasteiger partial charge in [-0.05, 0) is 31.4 Å². The average Bonchev–Trinajstić information content (AvgIpc) is 2.72. The van der Waals surface area contributed by atoms with Gasteiger partial charge >= 0.3 is 0 Å². The Balaban J connectivity index is 2.55. The minimum atomic E-state index is -0.907. The van der Waals surface area contributed by atoms with E-state index in [-0.39, 0.29) is 10.9 Å². The molecule has 2 rings (SSSR count). The molecule has 5 heteroatoms. The molecule has 0 aliphatic rings. The standard InChI is InChI=1S/C16H20ClFN2O/c1-5-9(2)15-14(10(3)19-20(15)4)16(21)12-7-6-11(18)8-13(12)17/h6-9,16,21H,5H2,1-4H3. The second-order valence-corrected chi connectivity index (χ2v) is 5.79. The quantitative estimate of drug-likeness (QED) is 0.922. The fraction of sp³-hybridized carbons (Fsp3) is 0.438. The Morgan fingerprint density at radius 3 is 2.67 bits per heavy atom. The summed E-state index contributed by atoms with van der Waals surface area (Å²) in [4.78, 5) is 0. The monoisotopic (exact) mass is 310 g/mol. The smallest absolute Gasteiger partial charge is 0.124 e. The first-order chi connectivity index (χ1) is 9.86. The van der Waals surface area contributed by atoms with Crippen molar-refractivity contribution in [3.8, 4) is 0 Å². The van der Waals surface area contributed by atoms with Gasteiger partial charge < -0.3 is 5.11 Å². The lowest BCUT2D eigenvalue weighted by molar-refractivity contribution is 0.217. The van der Waals surface area contributed by atoms with E-state index in [0.29, 0.717) is 5.56 Å². The van der Waals surface area contributed by atoms with E-state index >= 15 is 0 Å². The summed E-state index contributed by atoms with van der Waals surface area (Å²) in [6, 6.07) is 4.04. The van der Waals surface area contributed by atoms with Crippen molar-refractivity contribution in [2.75, 3.05) is 0 Å². The molecule has 0 aliphatic heterocycles. The van der Waals surface area contributed by atoms with E-state index < -0.39 is 11.9 Å². The molecule has 0 saturated heterocycles. The van der Waals surface area contributed by atoms with Gasteiger partial charge in [0, 0.05) is 28.9 Å². The van der Waals surface area contributed by atoms with E-state index in [9.17, 15) is 9.50 Å². The van der Waals surface area contributed by atoms with Gasteiger partial charge in [-0.1, -0.05) is 31.5 Å². The van der Waals surface area contributed by atoms with Crippen molar-refractivity contribution in [1.29, 1.82) is 0 Å². The Bertz CT molecular complexity index is 654. The van der Waals surface area contributed by atoms with Crippen molar-refractivity contribution in [3.05, 3.63) is 51.6 Å². The molecular weight excluding hydrogens is 291 g/mol. The van der Waals surface area contributed by atoms with Crippen molar-refractivity contribution in [2.45, 2.75) is 39.2 Å². The lowest BCUT2D eigenvalue weighted by Gasteiger charge is -2.18. The molecule has 0 fully saturated rings. The minimum absolute atomic E-state index is 0.223. The van der Waals surface area contributed by atoms with Crippen LogP contribution in [-0.2, 0) is 7.05 Å². The summed E-state index contributed by atoms with van der Waals surface area (Å²) < 4.78 is 15.0. The molecule has 114 valence electrons. The van der Waals surface area contributed by atoms with Crippen LogP contribution in [0.2, 0.25) is 5.02 Å². The number of aliphatic hydroxyl groups is 1. The first-order valence-electron chi connectivity index (χ1n) is 7.03. The van der Waals surface area contributed by atoms with Gasteiger partial charge in [0.05, 0.1) is 5.69 Å². The lowest BCUT2D eigenvalue weighted by Crippen LogP contribution is -2.09. The predicted molar refractivity (Wildman–Crippen MR) is 82.1 cm³/mol. The number of aromatic nitrogens is 2. The molecular formula is C16H20ClFN2O. The molecule has 3 nitrogen and oxygen atoms in total. The molecule has 1 aromatic carbocycles. The van der Waals surface area contributed by atoms with Gasteiger partial charge in [0.25, 0.3) is 0 Å². The van der Waals surface area contributed by atoms with Gasteiger partial charge in [0.15, 0.2) is 0 Å². The molecule has 21 heavy (non-hydrogen) atoms. The molecule has 1 aromatic heterocycles. The van der Waals surface area contributed by atoms with Crippen molar-refractivity contribution in [1.82, 2.24) is 9.78 Å². The Labute approximate surface area is 129 Å². The average molecular weight is 311 g/mol. The second-order valence-electron chi connectivity index (χ2n) is 5.39. The number of benzene rings is 1. The Morgan fingerprint density at radius 1 is 1.43 bits per heavy atom. The van der Waals surface area contributed by atoms with Crippen LogP contribution < -0.4 is 0 Å². The number of aliphatic hydroxyl groups excluding tert-OH is 1. The molecule has 2 unspecified atom stereocenters. The van der Waals surface area contributed by atoms with Crippen LogP contribution >= 0.6 is 11.6 Å². The summed E-state index contributed by atoms with van der Waals surface area (Å²) in [6.07, 6.45) is 0.0337. The largest absolute Gasteiger partial charge is 0.383 e. The highest BCUT2D eigenvalue weighted by Crippen LogP contribution is 2.35. The molecule has 0 bridgehead atoms. The number of hydrogen-bond donors (Lipinski definition) is 1. The number of aryl methyl sites for hydroxylation is 2. The van der Waals surface area contributed by atoms with Crippen LogP contribution in [0.25, 0.3) is 0 Å². The van der Waals surface area contributed by atoms with E-state index in [1.165, 1.54) is 18.2 Å². The Hall–Kier alpha value is -1.39. The molecule has 2 atom stereocenters. The van der Waals surface area contributed by atoms with Crippen LogP contribution in [0.15, 0.2) is 18.2 Å². The van der Waals surface area contributed by atoms with Gasteiger partial charge in [-0.2, -0.15) is 5.10 Å². The highest BCUT2D eigenvalue weighted by atomic mass is 35.5. The molecule has 0 aliphatic carbocycles. The van der Waals surface area contributed by atoms with Crippen LogP contribution in [0.4, 0.5) is 4.39 Å². The molecule has 2 aromatic rings. The number of halogens is 2. The van der Waals surface area contributed by atoms with Crippen molar-refractivity contribution >= 4 is 11.6 Å². The molecule has 1 heterocycles. The Kier molecular flexibility index (Phi) is 4.69. The third-order valence-electron chi connectivity index (χ3n) is 3.92. The highest BCUT2D eigenvalue weighted by Gasteiger charge is 2.26. The number of nitrogens with zero attached hydrogens (tertiary/aromatic N) is 2. The van der Waals surface area contributed by atoms with Crippen LogP contribution in [0, 0.1) is 12.7 Å². The zero-order chi connectivity index (χ0) is 15.7. The van der Waals surface area contributed by atoms with Gasteiger partial charge in [-0.25, -0.2) is 4.39 Å². The van der Waals surface area contributed by atoms with Gasteiger partial charge in [-0.15, -0.1) is 0 Å². The summed E-state index contributed by atoms with van der Waals surface area (Å²) in [6.45, 7) is 6.05. The zero-order valence-corrected chi connectivity index (χ0v) is 13.4. The van der Waals surface area contributed by atoms with Crippen LogP contribution in [0.1, 0.15) is 54.8 Å². The molecule has 0 radical (unpaired) electrons. The van der Waals surface area contributed by atoms with Crippen molar-refractivity contribution in [3.63, 3.8) is 0 Å². The predicted octanol–water partition coefficient (Wildman–Crippen LogP) is 4.12. The van der Waals surface area contributed by atoms with E-state index in [4.69, 9.17) is 11.6 Å². The highest BCUT2D eigenvalue weighted by molar-refractivity contribution is 6.31. The third-order valence-corrected chi connectivity index (χ3v) is 4.25. The van der Waals surface area contributed by atoms with E-state index in [1.54, 1.807) is 4.68 Å². The lowest BCUT2D eigenvalue weighted by atomic mass is 9.93. The molecule has 0 amide bonds. The Morgan fingerprint density at radius 2 is 2.10 bits per heavy atom. The van der Waals surface area contributed by atoms with E-state index in [2.05, 4.69) is 18.9 Å². The fourth-order valence-corrected chi connectivity index (χ4v) is 2.96. The fourth-order valence-electron chi connectivity index (χ4n) is 2.69. The maximum atomic E-state index is 13.2. The maximum Gasteiger partial charge on any atom is 0.124 e. The van der Waals surface area contributed by atoms with Crippen LogP contribution in [0.3, 0.4) is 0 Å². The van der Waals surface area contributed by atoms with Gasteiger partial charge in [0.2, 0.25) is 0 Å². The number of rotatable bonds is 4. The summed E-state index contributed by atoms with van der Waals surface area (Å²) in [5, 5.41) is 15.4. The summed E-state index contributed by atoms with van der Waals surface area (Å²) in [7, 11) is 1.87. The second kappa shape index (κ2) is 6.16. The van der Waals surface area contributed by atoms with Crippen molar-refractivity contribution < 1.29 is 9.50 Å². The summed E-state index contributed by atoms with van der Waals surface area (Å²) >= 11 is 6.07. The summed E-state index contributed by atoms with van der Waals surface area (Å²) in [5.74, 6) is -0.152. The maximum absolute atomic E-state index is 13.2.